The molecule has 77 heavy (non-hydrogen) atoms. The van der Waals surface area contributed by atoms with E-state index in [4.69, 9.17) is 5.73 Å². The second-order valence-electron chi connectivity index (χ2n) is 19.0. The summed E-state index contributed by atoms with van der Waals surface area (Å²) in [5, 5.41) is 8.70. The Balaban J connectivity index is 0.000000128. The Bertz CT molecular complexity index is 4130. The lowest BCUT2D eigenvalue weighted by molar-refractivity contribution is 1.18. The molecule has 4 nitrogen and oxygen atoms in total. The molecule has 0 unspecified atom stereocenters. The van der Waals surface area contributed by atoms with E-state index in [1.54, 1.807) is 0 Å². The van der Waals surface area contributed by atoms with Crippen molar-refractivity contribution in [2.45, 2.75) is 0 Å². The number of nitrogens with zero attached hydrogens (tertiary/aromatic N) is 2. The van der Waals surface area contributed by atoms with Crippen LogP contribution in [-0.2, 0) is 0 Å². The number of nitrogen functional groups attached to an aromatic ring is 1. The van der Waals surface area contributed by atoms with Crippen molar-refractivity contribution >= 4 is 76.6 Å². The average Bonchev–Trinajstić information content (AvgIpc) is 4.04. The number of nitrogens with two attached hydrogens (primary N) is 1. The van der Waals surface area contributed by atoms with E-state index in [2.05, 4.69) is 297 Å². The van der Waals surface area contributed by atoms with Gasteiger partial charge in [-0.15, -0.1) is 0 Å². The average molecular weight is 1050 g/mol. The number of hydrogen-bond acceptors (Lipinski definition) is 2. The highest BCUT2D eigenvalue weighted by atomic mass is 79.9. The summed E-state index contributed by atoms with van der Waals surface area (Å²) in [4.78, 5) is 0. The maximum Gasteiger partial charge on any atom is 0.0541 e. The molecule has 0 saturated carbocycles. The van der Waals surface area contributed by atoms with Gasteiger partial charge in [0.2, 0.25) is 0 Å². The van der Waals surface area contributed by atoms with Crippen molar-refractivity contribution in [3.05, 3.63) is 308 Å². The molecule has 0 aliphatic heterocycles. The second-order valence-corrected chi connectivity index (χ2v) is 19.9. The quantitative estimate of drug-likeness (QED) is 0.149. The molecule has 0 amide bonds. The molecule has 5 heteroatoms. The number of para-hydroxylation sites is 4. The molecular weight excluding hydrogens is 1000 g/mol. The van der Waals surface area contributed by atoms with Gasteiger partial charge < -0.3 is 20.2 Å². The summed E-state index contributed by atoms with van der Waals surface area (Å²) in [7, 11) is 0. The van der Waals surface area contributed by atoms with Gasteiger partial charge in [-0.3, -0.25) is 0 Å². The van der Waals surface area contributed by atoms with E-state index in [1.165, 1.54) is 93.8 Å². The third-order valence-electron chi connectivity index (χ3n) is 14.1. The SMILES string of the molecule is Brc1ccc(-n2c3ccccc3c3ccccc32)cc1.Nc1ccc(-c2ccc(-c3ccccc3)cc2)cc1.c1ccc(-c2ccc(-c3ccc(Nc4ccc(-n5c6ccccc6c6ccccc65)cc4)cc3)cc2)cc1. The summed E-state index contributed by atoms with van der Waals surface area (Å²) in [6.07, 6.45) is 0. The predicted octanol–water partition coefficient (Wildman–Crippen LogP) is 20.0. The minimum atomic E-state index is 0.796. The van der Waals surface area contributed by atoms with Crippen LogP contribution in [0.15, 0.2) is 308 Å². The van der Waals surface area contributed by atoms with E-state index in [0.29, 0.717) is 0 Å². The maximum atomic E-state index is 5.70. The summed E-state index contributed by atoms with van der Waals surface area (Å²) in [6, 6.07) is 106. The molecule has 0 radical (unpaired) electrons. The van der Waals surface area contributed by atoms with Gasteiger partial charge in [0.1, 0.15) is 0 Å². The first-order valence-electron chi connectivity index (χ1n) is 25.9. The van der Waals surface area contributed by atoms with Gasteiger partial charge >= 0.3 is 0 Å². The van der Waals surface area contributed by atoms with E-state index < -0.39 is 0 Å². The van der Waals surface area contributed by atoms with Crippen molar-refractivity contribution in [1.82, 2.24) is 9.13 Å². The molecule has 0 fully saturated rings. The van der Waals surface area contributed by atoms with Crippen LogP contribution in [0.3, 0.4) is 0 Å². The van der Waals surface area contributed by atoms with Crippen molar-refractivity contribution in [2.75, 3.05) is 11.1 Å². The van der Waals surface area contributed by atoms with Gasteiger partial charge in [0.25, 0.3) is 0 Å². The van der Waals surface area contributed by atoms with E-state index in [9.17, 15) is 0 Å². The zero-order valence-corrected chi connectivity index (χ0v) is 43.8. The molecule has 0 spiro atoms. The number of anilines is 3. The summed E-state index contributed by atoms with van der Waals surface area (Å²) < 4.78 is 5.76. The number of hydrogen-bond donors (Lipinski definition) is 2. The molecule has 368 valence electrons. The fourth-order valence-corrected chi connectivity index (χ4v) is 10.5. The Morgan fingerprint density at radius 1 is 0.247 bits per heavy atom. The van der Waals surface area contributed by atoms with E-state index in [1.807, 2.05) is 36.4 Å². The summed E-state index contributed by atoms with van der Waals surface area (Å²) >= 11 is 3.50. The fraction of sp³-hybridized carbons (Fsp3) is 0. The van der Waals surface area contributed by atoms with Gasteiger partial charge in [-0.25, -0.2) is 0 Å². The van der Waals surface area contributed by atoms with Crippen LogP contribution in [0.5, 0.6) is 0 Å². The molecule has 0 saturated heterocycles. The number of aromatic nitrogens is 2. The first-order valence-corrected chi connectivity index (χ1v) is 26.7. The van der Waals surface area contributed by atoms with Crippen molar-refractivity contribution in [3.63, 3.8) is 0 Å². The van der Waals surface area contributed by atoms with E-state index in [0.717, 1.165) is 27.2 Å². The minimum absolute atomic E-state index is 0.796. The molecule has 14 rings (SSSR count). The lowest BCUT2D eigenvalue weighted by Crippen LogP contribution is -1.95. The zero-order valence-electron chi connectivity index (χ0n) is 42.2. The number of nitrogens with one attached hydrogen (secondary N) is 1. The molecule has 0 aliphatic carbocycles. The zero-order chi connectivity index (χ0) is 51.9. The third-order valence-corrected chi connectivity index (χ3v) is 14.6. The Kier molecular flexibility index (Phi) is 13.8. The van der Waals surface area contributed by atoms with Crippen LogP contribution in [0, 0.1) is 0 Å². The number of rotatable bonds is 8. The van der Waals surface area contributed by atoms with Crippen LogP contribution in [0.25, 0.3) is 99.5 Å². The number of halogens is 1. The second kappa shape index (κ2) is 22.0. The Morgan fingerprint density at radius 3 is 0.831 bits per heavy atom. The highest BCUT2D eigenvalue weighted by Gasteiger charge is 2.13. The topological polar surface area (TPSA) is 47.9 Å². The molecule has 0 aliphatic rings. The van der Waals surface area contributed by atoms with Gasteiger partial charge in [-0.05, 0) is 142 Å². The highest BCUT2D eigenvalue weighted by Crippen LogP contribution is 2.35. The summed E-state index contributed by atoms with van der Waals surface area (Å²) in [5.41, 5.74) is 25.7. The Hall–Kier alpha value is -9.68. The lowest BCUT2D eigenvalue weighted by Gasteiger charge is -2.11. The number of benzene rings is 12. The standard InChI is InChI=1S/C36H26N2.C18H12BrN.C18H15N/c1-2-8-26(9-3-1)27-14-16-28(17-15-27)29-18-20-30(21-19-29)37-31-22-24-32(25-23-31)38-35-12-6-4-10-33(35)34-11-5-7-13-36(34)38;19-13-9-11-14(12-10-13)20-17-7-3-1-5-15(17)16-6-2-4-8-18(16)20;19-18-12-10-17(11-13-18)16-8-6-15(7-9-16)14-4-2-1-3-5-14/h1-25,37H;1-12H;1-13H,19H2. The molecular formula is C72H53BrN4. The Morgan fingerprint density at radius 2 is 0.494 bits per heavy atom. The van der Waals surface area contributed by atoms with Crippen LogP contribution in [-0.4, -0.2) is 9.13 Å². The van der Waals surface area contributed by atoms with Gasteiger partial charge in [0.15, 0.2) is 0 Å². The van der Waals surface area contributed by atoms with Gasteiger partial charge in [-0.2, -0.15) is 0 Å². The molecule has 3 N–H and O–H groups in total. The van der Waals surface area contributed by atoms with Gasteiger partial charge in [0, 0.05) is 54.5 Å². The molecule has 12 aromatic carbocycles. The molecule has 14 aromatic rings. The normalized spacial score (nSPS) is 11.0. The van der Waals surface area contributed by atoms with Crippen LogP contribution < -0.4 is 11.1 Å². The summed E-state index contributed by atoms with van der Waals surface area (Å²) in [5.74, 6) is 0. The lowest BCUT2D eigenvalue weighted by atomic mass is 10.0. The van der Waals surface area contributed by atoms with E-state index >= 15 is 0 Å². The highest BCUT2D eigenvalue weighted by molar-refractivity contribution is 9.10. The first-order chi connectivity index (χ1) is 38.0. The van der Waals surface area contributed by atoms with E-state index in [-0.39, 0.29) is 0 Å². The van der Waals surface area contributed by atoms with Gasteiger partial charge in [-0.1, -0.05) is 222 Å². The van der Waals surface area contributed by atoms with Gasteiger partial charge in [0.05, 0.1) is 22.1 Å². The molecule has 2 aromatic heterocycles. The first kappa shape index (κ1) is 48.3. The molecule has 0 atom stereocenters. The van der Waals surface area contributed by atoms with Crippen molar-refractivity contribution in [2.24, 2.45) is 0 Å². The molecule has 0 bridgehead atoms. The van der Waals surface area contributed by atoms with Crippen LogP contribution in [0.4, 0.5) is 17.1 Å². The van der Waals surface area contributed by atoms with Crippen molar-refractivity contribution in [1.29, 1.82) is 0 Å². The third kappa shape index (κ3) is 10.4. The summed E-state index contributed by atoms with van der Waals surface area (Å²) in [6.45, 7) is 0. The smallest absolute Gasteiger partial charge is 0.0541 e. The minimum Gasteiger partial charge on any atom is -0.399 e. The maximum absolute atomic E-state index is 5.70. The van der Waals surface area contributed by atoms with Crippen molar-refractivity contribution < 1.29 is 0 Å². The number of fused-ring (bicyclic) bond motifs is 6. The fourth-order valence-electron chi connectivity index (χ4n) is 10.2. The van der Waals surface area contributed by atoms with Crippen LogP contribution >= 0.6 is 15.9 Å². The van der Waals surface area contributed by atoms with Crippen LogP contribution in [0.2, 0.25) is 0 Å². The monoisotopic (exact) mass is 1050 g/mol. The molecule has 2 heterocycles. The largest absolute Gasteiger partial charge is 0.399 e. The van der Waals surface area contributed by atoms with Crippen molar-refractivity contribution in [3.8, 4) is 55.9 Å². The predicted molar refractivity (Wildman–Crippen MR) is 332 cm³/mol. The van der Waals surface area contributed by atoms with Crippen LogP contribution in [0.1, 0.15) is 0 Å². The Labute approximate surface area is 457 Å².